The molecule has 0 unspecified atom stereocenters. The van der Waals surface area contributed by atoms with E-state index < -0.39 is 29.6 Å². The van der Waals surface area contributed by atoms with Gasteiger partial charge in [0.15, 0.2) is 0 Å². The number of rotatable bonds is 3. The molecule has 0 bridgehead atoms. The molecule has 1 saturated heterocycles. The lowest BCUT2D eigenvalue weighted by molar-refractivity contribution is -0.376. The van der Waals surface area contributed by atoms with Crippen molar-refractivity contribution in [3.63, 3.8) is 0 Å². The van der Waals surface area contributed by atoms with E-state index in [1.807, 2.05) is 0 Å². The summed E-state index contributed by atoms with van der Waals surface area (Å²) in [4.78, 5) is 14.0. The Morgan fingerprint density at radius 1 is 1.14 bits per heavy atom. The van der Waals surface area contributed by atoms with E-state index in [1.165, 1.54) is 17.1 Å². The molecule has 0 aromatic heterocycles. The van der Waals surface area contributed by atoms with E-state index in [9.17, 15) is 36.2 Å². The minimum Gasteiger partial charge on any atom is -0.465 e. The Balaban J connectivity index is 2.53. The van der Waals surface area contributed by atoms with Gasteiger partial charge in [0.2, 0.25) is 0 Å². The van der Waals surface area contributed by atoms with Gasteiger partial charge in [-0.3, -0.25) is 0 Å². The van der Waals surface area contributed by atoms with Gasteiger partial charge >= 0.3 is 18.4 Å². The predicted octanol–water partition coefficient (Wildman–Crippen LogP) is 4.22. The topological polar surface area (TPSA) is 64.0 Å². The number of amides is 1. The van der Waals surface area contributed by atoms with Gasteiger partial charge in [0.05, 0.1) is 0 Å². The smallest absolute Gasteiger partial charge is 0.430 e. The highest BCUT2D eigenvalue weighted by Gasteiger charge is 2.71. The van der Waals surface area contributed by atoms with Crippen molar-refractivity contribution in [2.75, 3.05) is 24.5 Å². The molecular formula is C18H20F6N2O3. The number of alkyl halides is 6. The van der Waals surface area contributed by atoms with Crippen molar-refractivity contribution in [2.45, 2.75) is 37.8 Å². The lowest BCUT2D eigenvalue weighted by Crippen LogP contribution is -2.54. The zero-order valence-electron chi connectivity index (χ0n) is 15.6. The quantitative estimate of drug-likeness (QED) is 0.711. The normalized spacial score (nSPS) is 19.1. The van der Waals surface area contributed by atoms with E-state index in [-0.39, 0.29) is 31.2 Å². The second-order valence-corrected chi connectivity index (χ2v) is 6.75. The highest BCUT2D eigenvalue weighted by molar-refractivity contribution is 5.71. The second kappa shape index (κ2) is 7.77. The molecule has 2 rings (SSSR count). The zero-order valence-corrected chi connectivity index (χ0v) is 15.6. The van der Waals surface area contributed by atoms with Crippen LogP contribution in [0.1, 0.15) is 25.0 Å². The summed E-state index contributed by atoms with van der Waals surface area (Å²) in [6.45, 7) is 3.71. The molecule has 11 heteroatoms. The fourth-order valence-electron chi connectivity index (χ4n) is 3.33. The van der Waals surface area contributed by atoms with Crippen LogP contribution in [0.15, 0.2) is 24.3 Å². The molecule has 5 nitrogen and oxygen atoms in total. The molecule has 1 amide bonds. The highest BCUT2D eigenvalue weighted by atomic mass is 19.4. The summed E-state index contributed by atoms with van der Waals surface area (Å²) in [5.41, 5.74) is -5.96. The number of nitrogens with zero attached hydrogens (tertiary/aromatic N) is 2. The number of allylic oxidation sites excluding steroid dienone is 1. The molecule has 0 spiro atoms. The molecule has 1 fully saturated rings. The number of aliphatic hydroxyl groups is 1. The third-order valence-electron chi connectivity index (χ3n) is 4.82. The summed E-state index contributed by atoms with van der Waals surface area (Å²) in [6, 6.07) is 1.98. The Morgan fingerprint density at radius 3 is 2.17 bits per heavy atom. The van der Waals surface area contributed by atoms with E-state index in [1.54, 1.807) is 18.7 Å². The van der Waals surface area contributed by atoms with Crippen LogP contribution in [0.3, 0.4) is 0 Å². The van der Waals surface area contributed by atoms with Gasteiger partial charge in [0, 0.05) is 36.9 Å². The predicted molar refractivity (Wildman–Crippen MR) is 93.6 cm³/mol. The number of anilines is 1. The molecule has 1 heterocycles. The van der Waals surface area contributed by atoms with Crippen LogP contribution in [0.2, 0.25) is 0 Å². The summed E-state index contributed by atoms with van der Waals surface area (Å²) in [6.07, 6.45) is -10.3. The van der Waals surface area contributed by atoms with E-state index in [0.717, 1.165) is 6.07 Å². The van der Waals surface area contributed by atoms with Crippen LogP contribution in [0, 0.1) is 0 Å². The molecule has 29 heavy (non-hydrogen) atoms. The van der Waals surface area contributed by atoms with Crippen molar-refractivity contribution in [1.82, 2.24) is 4.90 Å². The van der Waals surface area contributed by atoms with Crippen LogP contribution in [-0.4, -0.2) is 59.2 Å². The van der Waals surface area contributed by atoms with Gasteiger partial charge in [0.1, 0.15) is 0 Å². The number of carboxylic acid groups (broad SMARTS) is 1. The summed E-state index contributed by atoms with van der Waals surface area (Å²) in [7, 11) is 0. The summed E-state index contributed by atoms with van der Waals surface area (Å²) in [5, 5.41) is 18.7. The highest BCUT2D eigenvalue weighted by Crippen LogP contribution is 2.50. The molecule has 0 aliphatic carbocycles. The first-order valence-corrected chi connectivity index (χ1v) is 8.61. The number of halogens is 6. The fourth-order valence-corrected chi connectivity index (χ4v) is 3.33. The number of piperazine rings is 1. The van der Waals surface area contributed by atoms with Gasteiger partial charge in [-0.1, -0.05) is 18.2 Å². The zero-order chi connectivity index (χ0) is 22.2. The van der Waals surface area contributed by atoms with Crippen LogP contribution in [0.4, 0.5) is 36.8 Å². The van der Waals surface area contributed by atoms with Crippen molar-refractivity contribution in [1.29, 1.82) is 0 Å². The molecule has 162 valence electrons. The van der Waals surface area contributed by atoms with Crippen LogP contribution >= 0.6 is 0 Å². The standard InChI is InChI=1S/C18H20F6N2O3/c1-3-4-12-9-13(16(29,17(19,20)21)18(22,23)24)5-6-14(12)26-8-7-25(15(27)28)10-11(26)2/h3-6,9,11,29H,7-8,10H2,1-2H3,(H,27,28)/t11-/m1/s1. The van der Waals surface area contributed by atoms with Crippen molar-refractivity contribution in [3.8, 4) is 0 Å². The first-order valence-electron chi connectivity index (χ1n) is 8.61. The molecule has 1 aliphatic heterocycles. The third kappa shape index (κ3) is 4.14. The number of hydrogen-bond donors (Lipinski definition) is 2. The van der Waals surface area contributed by atoms with Crippen LogP contribution < -0.4 is 4.90 Å². The summed E-state index contributed by atoms with van der Waals surface area (Å²) in [5.74, 6) is 0. The number of hydrogen-bond acceptors (Lipinski definition) is 3. The third-order valence-corrected chi connectivity index (χ3v) is 4.82. The molecule has 1 aliphatic rings. The maximum absolute atomic E-state index is 13.2. The number of benzene rings is 1. The molecule has 2 N–H and O–H groups in total. The monoisotopic (exact) mass is 426 g/mol. The Bertz CT molecular complexity index is 777. The first kappa shape index (κ1) is 22.9. The van der Waals surface area contributed by atoms with Crippen molar-refractivity contribution >= 4 is 17.9 Å². The van der Waals surface area contributed by atoms with Gasteiger partial charge < -0.3 is 20.0 Å². The van der Waals surface area contributed by atoms with Crippen molar-refractivity contribution < 1.29 is 41.4 Å². The number of carbonyl (C=O) groups is 1. The average molecular weight is 426 g/mol. The fraction of sp³-hybridized carbons (Fsp3) is 0.500. The van der Waals surface area contributed by atoms with Crippen LogP contribution in [0.5, 0.6) is 0 Å². The SMILES string of the molecule is CC=Cc1cc(C(O)(C(F)(F)F)C(F)(F)F)ccc1N1CCN(C(=O)O)C[C@H]1C. The molecule has 1 atom stereocenters. The second-order valence-electron chi connectivity index (χ2n) is 6.75. The van der Waals surface area contributed by atoms with Gasteiger partial charge in [-0.2, -0.15) is 26.3 Å². The Kier molecular flexibility index (Phi) is 6.12. The molecule has 1 aromatic carbocycles. The van der Waals surface area contributed by atoms with E-state index in [2.05, 4.69) is 0 Å². The van der Waals surface area contributed by atoms with Gasteiger partial charge in [0.25, 0.3) is 5.60 Å². The molecule has 0 radical (unpaired) electrons. The Morgan fingerprint density at radius 2 is 1.72 bits per heavy atom. The minimum atomic E-state index is -5.97. The summed E-state index contributed by atoms with van der Waals surface area (Å²) < 4.78 is 79.1. The Labute approximate surface area is 162 Å². The maximum Gasteiger partial charge on any atom is 0.430 e. The van der Waals surface area contributed by atoms with E-state index >= 15 is 0 Å². The molecule has 1 aromatic rings. The largest absolute Gasteiger partial charge is 0.465 e. The van der Waals surface area contributed by atoms with Crippen molar-refractivity contribution in [3.05, 3.63) is 35.4 Å². The maximum atomic E-state index is 13.2. The minimum absolute atomic E-state index is 0.0487. The molecular weight excluding hydrogens is 406 g/mol. The lowest BCUT2D eigenvalue weighted by atomic mass is 9.90. The van der Waals surface area contributed by atoms with Gasteiger partial charge in [-0.25, -0.2) is 4.79 Å². The van der Waals surface area contributed by atoms with Gasteiger partial charge in [-0.15, -0.1) is 0 Å². The first-order chi connectivity index (χ1) is 13.2. The van der Waals surface area contributed by atoms with Crippen LogP contribution in [0.25, 0.3) is 6.08 Å². The van der Waals surface area contributed by atoms with Crippen LogP contribution in [-0.2, 0) is 5.60 Å². The van der Waals surface area contributed by atoms with E-state index in [0.29, 0.717) is 17.8 Å². The Hall–Kier alpha value is -2.43. The average Bonchev–Trinajstić information content (AvgIpc) is 2.59. The summed E-state index contributed by atoms with van der Waals surface area (Å²) >= 11 is 0. The van der Waals surface area contributed by atoms with Gasteiger partial charge in [-0.05, 0) is 31.5 Å². The van der Waals surface area contributed by atoms with E-state index in [4.69, 9.17) is 5.11 Å². The van der Waals surface area contributed by atoms with Crippen molar-refractivity contribution in [2.24, 2.45) is 0 Å². The molecule has 0 saturated carbocycles. The lowest BCUT2D eigenvalue weighted by Gasteiger charge is -2.41.